The van der Waals surface area contributed by atoms with E-state index in [9.17, 15) is 14.0 Å². The van der Waals surface area contributed by atoms with Gasteiger partial charge >= 0.3 is 12.0 Å². The lowest BCUT2D eigenvalue weighted by Crippen LogP contribution is -2.42. The molecule has 0 aliphatic carbocycles. The lowest BCUT2D eigenvalue weighted by molar-refractivity contribution is -0.137. The van der Waals surface area contributed by atoms with Crippen molar-refractivity contribution in [2.75, 3.05) is 5.32 Å². The Bertz CT molecular complexity index is 503. The fraction of sp³-hybridized carbons (Fsp3) is 0.429. The number of carboxylic acids is 1. The van der Waals surface area contributed by atoms with Crippen LogP contribution < -0.4 is 10.6 Å². The number of aryl methyl sites for hydroxylation is 1. The Morgan fingerprint density at radius 1 is 1.35 bits per heavy atom. The fourth-order valence-corrected chi connectivity index (χ4v) is 1.69. The van der Waals surface area contributed by atoms with E-state index in [0.717, 1.165) is 5.56 Å². The molecule has 2 amide bonds. The van der Waals surface area contributed by atoms with Crippen LogP contribution >= 0.6 is 0 Å². The van der Waals surface area contributed by atoms with Crippen molar-refractivity contribution >= 4 is 17.7 Å². The van der Waals surface area contributed by atoms with Gasteiger partial charge in [0.25, 0.3) is 0 Å². The molecule has 6 heteroatoms. The van der Waals surface area contributed by atoms with Crippen LogP contribution in [0.25, 0.3) is 0 Å². The summed E-state index contributed by atoms with van der Waals surface area (Å²) in [7, 11) is 0. The van der Waals surface area contributed by atoms with Gasteiger partial charge in [0.1, 0.15) is 5.82 Å². The Balaban J connectivity index is 2.68. The smallest absolute Gasteiger partial charge is 0.319 e. The molecular formula is C14H19FN2O3. The maximum absolute atomic E-state index is 13.6. The first-order chi connectivity index (χ1) is 9.29. The van der Waals surface area contributed by atoms with Gasteiger partial charge in [-0.05, 0) is 30.5 Å². The summed E-state index contributed by atoms with van der Waals surface area (Å²) in [4.78, 5) is 22.5. The van der Waals surface area contributed by atoms with Crippen LogP contribution in [0.4, 0.5) is 14.9 Å². The Labute approximate surface area is 117 Å². The van der Waals surface area contributed by atoms with Gasteiger partial charge < -0.3 is 15.7 Å². The largest absolute Gasteiger partial charge is 0.481 e. The Morgan fingerprint density at radius 3 is 2.50 bits per heavy atom. The third-order valence-corrected chi connectivity index (χ3v) is 2.89. The van der Waals surface area contributed by atoms with Crippen LogP contribution in [0.15, 0.2) is 18.2 Å². The molecule has 0 heterocycles. The summed E-state index contributed by atoms with van der Waals surface area (Å²) in [6, 6.07) is 3.32. The van der Waals surface area contributed by atoms with Gasteiger partial charge in [-0.3, -0.25) is 4.79 Å². The number of amides is 2. The lowest BCUT2D eigenvalue weighted by Gasteiger charge is -2.21. The van der Waals surface area contributed by atoms with Crippen LogP contribution in [0, 0.1) is 18.7 Å². The predicted molar refractivity (Wildman–Crippen MR) is 74.2 cm³/mol. The first-order valence-electron chi connectivity index (χ1n) is 6.35. The third kappa shape index (κ3) is 4.87. The number of halogens is 1. The molecule has 0 aromatic heterocycles. The fourth-order valence-electron chi connectivity index (χ4n) is 1.69. The highest BCUT2D eigenvalue weighted by atomic mass is 19.1. The number of anilines is 1. The van der Waals surface area contributed by atoms with Crippen LogP contribution in [0.3, 0.4) is 0 Å². The zero-order valence-electron chi connectivity index (χ0n) is 11.7. The van der Waals surface area contributed by atoms with Crippen molar-refractivity contribution in [1.29, 1.82) is 0 Å². The average Bonchev–Trinajstić information content (AvgIpc) is 2.31. The Hall–Kier alpha value is -2.11. The van der Waals surface area contributed by atoms with Crippen LogP contribution in [0.2, 0.25) is 0 Å². The quantitative estimate of drug-likeness (QED) is 0.777. The van der Waals surface area contributed by atoms with E-state index >= 15 is 0 Å². The standard InChI is InChI=1S/C14H19FN2O3/c1-8(2)12(7-13(18)19)17-14(20)16-11-5-4-9(3)6-10(11)15/h4-6,8,12H,7H2,1-3H3,(H,18,19)(H2,16,17,20). The number of hydrogen-bond acceptors (Lipinski definition) is 2. The minimum Gasteiger partial charge on any atom is -0.481 e. The molecule has 110 valence electrons. The highest BCUT2D eigenvalue weighted by Gasteiger charge is 2.19. The molecule has 0 radical (unpaired) electrons. The number of aliphatic carboxylic acids is 1. The molecule has 20 heavy (non-hydrogen) atoms. The summed E-state index contributed by atoms with van der Waals surface area (Å²) in [5, 5.41) is 13.7. The van der Waals surface area contributed by atoms with Crippen LogP contribution in [0.5, 0.6) is 0 Å². The molecule has 5 nitrogen and oxygen atoms in total. The second kappa shape index (κ2) is 6.88. The molecular weight excluding hydrogens is 263 g/mol. The highest BCUT2D eigenvalue weighted by Crippen LogP contribution is 2.15. The van der Waals surface area contributed by atoms with E-state index in [1.54, 1.807) is 26.8 Å². The number of carboxylic acid groups (broad SMARTS) is 1. The van der Waals surface area contributed by atoms with Gasteiger partial charge in [0, 0.05) is 6.04 Å². The minimum absolute atomic E-state index is 0.0419. The molecule has 0 aliphatic heterocycles. The summed E-state index contributed by atoms with van der Waals surface area (Å²) >= 11 is 0. The maximum Gasteiger partial charge on any atom is 0.319 e. The van der Waals surface area contributed by atoms with Gasteiger partial charge in [-0.15, -0.1) is 0 Å². The number of hydrogen-bond donors (Lipinski definition) is 3. The van der Waals surface area contributed by atoms with Crippen molar-refractivity contribution in [3.05, 3.63) is 29.6 Å². The normalized spacial score (nSPS) is 12.1. The van der Waals surface area contributed by atoms with Gasteiger partial charge in [0.05, 0.1) is 12.1 Å². The van der Waals surface area contributed by atoms with E-state index in [1.807, 2.05) is 0 Å². The molecule has 0 fully saturated rings. The number of nitrogens with one attached hydrogen (secondary N) is 2. The van der Waals surface area contributed by atoms with Crippen molar-refractivity contribution in [2.24, 2.45) is 5.92 Å². The summed E-state index contributed by atoms with van der Waals surface area (Å²) in [6.07, 6.45) is -0.179. The van der Waals surface area contributed by atoms with E-state index < -0.39 is 23.9 Å². The minimum atomic E-state index is -0.995. The van der Waals surface area contributed by atoms with Gasteiger partial charge in [-0.2, -0.15) is 0 Å². The molecule has 0 saturated carbocycles. The number of rotatable bonds is 5. The van der Waals surface area contributed by atoms with Crippen LogP contribution in [-0.4, -0.2) is 23.1 Å². The molecule has 1 aromatic carbocycles. The van der Waals surface area contributed by atoms with Gasteiger partial charge in [0.15, 0.2) is 0 Å². The van der Waals surface area contributed by atoms with Crippen LogP contribution in [-0.2, 0) is 4.79 Å². The van der Waals surface area contributed by atoms with E-state index in [-0.39, 0.29) is 18.0 Å². The average molecular weight is 282 g/mol. The third-order valence-electron chi connectivity index (χ3n) is 2.89. The van der Waals surface area contributed by atoms with Gasteiger partial charge in [-0.1, -0.05) is 19.9 Å². The van der Waals surface area contributed by atoms with Crippen molar-refractivity contribution in [1.82, 2.24) is 5.32 Å². The van der Waals surface area contributed by atoms with E-state index in [2.05, 4.69) is 10.6 Å². The molecule has 0 spiro atoms. The summed E-state index contributed by atoms with van der Waals surface area (Å²) in [5.74, 6) is -1.57. The molecule has 1 rings (SSSR count). The first-order valence-corrected chi connectivity index (χ1v) is 6.35. The van der Waals surface area contributed by atoms with Gasteiger partial charge in [-0.25, -0.2) is 9.18 Å². The second-order valence-corrected chi connectivity index (χ2v) is 5.03. The maximum atomic E-state index is 13.6. The topological polar surface area (TPSA) is 78.4 Å². The van der Waals surface area contributed by atoms with Crippen molar-refractivity contribution in [3.8, 4) is 0 Å². The molecule has 1 aromatic rings. The zero-order valence-corrected chi connectivity index (χ0v) is 11.7. The zero-order chi connectivity index (χ0) is 15.3. The Morgan fingerprint density at radius 2 is 2.00 bits per heavy atom. The van der Waals surface area contributed by atoms with Crippen LogP contribution in [0.1, 0.15) is 25.8 Å². The van der Waals surface area contributed by atoms with Gasteiger partial charge in [0.2, 0.25) is 0 Å². The van der Waals surface area contributed by atoms with E-state index in [4.69, 9.17) is 5.11 Å². The molecule has 1 atom stereocenters. The molecule has 3 N–H and O–H groups in total. The molecule has 0 aliphatic rings. The lowest BCUT2D eigenvalue weighted by atomic mass is 10.0. The monoisotopic (exact) mass is 282 g/mol. The number of carbonyl (C=O) groups is 2. The summed E-state index contributed by atoms with van der Waals surface area (Å²) in [6.45, 7) is 5.36. The van der Waals surface area contributed by atoms with E-state index in [0.29, 0.717) is 0 Å². The number of carbonyl (C=O) groups excluding carboxylic acids is 1. The second-order valence-electron chi connectivity index (χ2n) is 5.03. The first kappa shape index (κ1) is 15.9. The number of urea groups is 1. The SMILES string of the molecule is Cc1ccc(NC(=O)NC(CC(=O)O)C(C)C)c(F)c1. The predicted octanol–water partition coefficient (Wildman–Crippen LogP) is 2.75. The number of benzene rings is 1. The summed E-state index contributed by atoms with van der Waals surface area (Å²) < 4.78 is 13.6. The van der Waals surface area contributed by atoms with Crippen molar-refractivity contribution in [2.45, 2.75) is 33.2 Å². The van der Waals surface area contributed by atoms with Crippen molar-refractivity contribution < 1.29 is 19.1 Å². The van der Waals surface area contributed by atoms with Crippen molar-refractivity contribution in [3.63, 3.8) is 0 Å². The molecule has 0 saturated heterocycles. The summed E-state index contributed by atoms with van der Waals surface area (Å²) in [5.41, 5.74) is 0.810. The Kier molecular flexibility index (Phi) is 5.49. The highest BCUT2D eigenvalue weighted by molar-refractivity contribution is 5.89. The molecule has 1 unspecified atom stereocenters. The molecule has 0 bridgehead atoms. The van der Waals surface area contributed by atoms with E-state index in [1.165, 1.54) is 12.1 Å².